The Morgan fingerprint density at radius 3 is 2.43 bits per heavy atom. The number of rotatable bonds is 6. The van der Waals surface area contributed by atoms with Crippen LogP contribution in [0.15, 0.2) is 86.8 Å². The Kier molecular flexibility index (Phi) is 5.58. The van der Waals surface area contributed by atoms with E-state index < -0.39 is 10.0 Å². The van der Waals surface area contributed by atoms with Crippen molar-refractivity contribution in [1.82, 2.24) is 10.1 Å². The van der Waals surface area contributed by atoms with Gasteiger partial charge in [-0.2, -0.15) is 0 Å². The highest BCUT2D eigenvalue weighted by molar-refractivity contribution is 7.92. The highest BCUT2D eigenvalue weighted by atomic mass is 32.2. The molecule has 0 aliphatic carbocycles. The standard InChI is InChI=1S/C25H20N4O5S/c1-15-16(2)28-34-25(15)29-35(31,32)18-11-9-17(10-12-18)26-24(30)20-14-22(23-8-5-13-33-23)27-21-7-4-3-6-19(20)21/h3-14,29H,1-2H3,(H,26,30). The number of carbonyl (C=O) groups is 1. The van der Waals surface area contributed by atoms with Gasteiger partial charge in [-0.3, -0.25) is 4.79 Å². The number of benzene rings is 2. The fraction of sp³-hybridized carbons (Fsp3) is 0.0800. The van der Waals surface area contributed by atoms with Crippen LogP contribution in [0.3, 0.4) is 0 Å². The zero-order valence-electron chi connectivity index (χ0n) is 18.8. The van der Waals surface area contributed by atoms with Crippen molar-refractivity contribution in [3.63, 3.8) is 0 Å². The number of amides is 1. The summed E-state index contributed by atoms with van der Waals surface area (Å²) in [5, 5.41) is 7.26. The summed E-state index contributed by atoms with van der Waals surface area (Å²) in [7, 11) is -3.89. The first-order valence-electron chi connectivity index (χ1n) is 10.6. The maximum Gasteiger partial charge on any atom is 0.264 e. The van der Waals surface area contributed by atoms with Gasteiger partial charge in [0.1, 0.15) is 5.69 Å². The molecule has 176 valence electrons. The van der Waals surface area contributed by atoms with E-state index in [2.05, 4.69) is 20.2 Å². The number of fused-ring (bicyclic) bond motifs is 1. The molecule has 0 spiro atoms. The van der Waals surface area contributed by atoms with Gasteiger partial charge >= 0.3 is 0 Å². The molecule has 0 fully saturated rings. The monoisotopic (exact) mass is 488 g/mol. The Balaban J connectivity index is 1.40. The normalized spacial score (nSPS) is 11.5. The number of para-hydroxylation sites is 1. The quantitative estimate of drug-likeness (QED) is 0.338. The number of nitrogens with one attached hydrogen (secondary N) is 2. The summed E-state index contributed by atoms with van der Waals surface area (Å²) in [5.41, 5.74) is 3.23. The molecule has 2 N–H and O–H groups in total. The molecule has 3 aromatic heterocycles. The molecule has 0 aliphatic rings. The molecule has 10 heteroatoms. The van der Waals surface area contributed by atoms with Crippen LogP contribution in [0.2, 0.25) is 0 Å². The lowest BCUT2D eigenvalue weighted by molar-refractivity contribution is 0.102. The molecule has 0 saturated heterocycles. The van der Waals surface area contributed by atoms with Crippen molar-refractivity contribution < 1.29 is 22.2 Å². The van der Waals surface area contributed by atoms with Gasteiger partial charge in [-0.15, -0.1) is 0 Å². The lowest BCUT2D eigenvalue weighted by Crippen LogP contribution is -2.15. The van der Waals surface area contributed by atoms with Gasteiger partial charge in [0, 0.05) is 16.6 Å². The van der Waals surface area contributed by atoms with Crippen molar-refractivity contribution in [2.45, 2.75) is 18.7 Å². The second-order valence-corrected chi connectivity index (χ2v) is 9.54. The van der Waals surface area contributed by atoms with Crippen LogP contribution in [-0.2, 0) is 10.0 Å². The summed E-state index contributed by atoms with van der Waals surface area (Å²) in [4.78, 5) is 17.8. The third-order valence-electron chi connectivity index (χ3n) is 5.54. The minimum absolute atomic E-state index is 0.0124. The van der Waals surface area contributed by atoms with E-state index in [1.807, 2.05) is 24.3 Å². The third-order valence-corrected chi connectivity index (χ3v) is 6.89. The predicted octanol–water partition coefficient (Wildman–Crippen LogP) is 5.15. The fourth-order valence-corrected chi connectivity index (χ4v) is 4.57. The van der Waals surface area contributed by atoms with Gasteiger partial charge in [0.05, 0.1) is 27.9 Å². The van der Waals surface area contributed by atoms with Gasteiger partial charge in [0.15, 0.2) is 5.76 Å². The molecule has 0 atom stereocenters. The molecule has 5 rings (SSSR count). The minimum atomic E-state index is -3.89. The van der Waals surface area contributed by atoms with Gasteiger partial charge in [0.2, 0.25) is 5.88 Å². The highest BCUT2D eigenvalue weighted by Gasteiger charge is 2.20. The summed E-state index contributed by atoms with van der Waals surface area (Å²) >= 11 is 0. The summed E-state index contributed by atoms with van der Waals surface area (Å²) in [6.45, 7) is 3.43. The molecule has 0 bridgehead atoms. The van der Waals surface area contributed by atoms with Crippen LogP contribution in [0.1, 0.15) is 21.6 Å². The maximum atomic E-state index is 13.2. The molecule has 5 aromatic rings. The average molecular weight is 489 g/mol. The Morgan fingerprint density at radius 2 is 1.74 bits per heavy atom. The molecule has 2 aromatic carbocycles. The van der Waals surface area contributed by atoms with Gasteiger partial charge in [-0.25, -0.2) is 18.1 Å². The van der Waals surface area contributed by atoms with Crippen molar-refractivity contribution in [1.29, 1.82) is 0 Å². The number of anilines is 2. The smallest absolute Gasteiger partial charge is 0.264 e. The Bertz CT molecular complexity index is 1640. The SMILES string of the molecule is Cc1noc(NS(=O)(=O)c2ccc(NC(=O)c3cc(-c4ccco4)nc4ccccc34)cc2)c1C. The third kappa shape index (κ3) is 4.38. The van der Waals surface area contributed by atoms with E-state index in [1.54, 1.807) is 38.3 Å². The van der Waals surface area contributed by atoms with Gasteiger partial charge in [0.25, 0.3) is 15.9 Å². The highest BCUT2D eigenvalue weighted by Crippen LogP contribution is 2.27. The lowest BCUT2D eigenvalue weighted by Gasteiger charge is -2.11. The van der Waals surface area contributed by atoms with Gasteiger partial charge in [-0.05, 0) is 62.4 Å². The second kappa shape index (κ2) is 8.73. The molecule has 0 saturated carbocycles. The van der Waals surface area contributed by atoms with E-state index in [0.717, 1.165) is 0 Å². The van der Waals surface area contributed by atoms with Crippen LogP contribution in [-0.4, -0.2) is 24.5 Å². The first-order valence-corrected chi connectivity index (χ1v) is 12.1. The fourth-order valence-electron chi connectivity index (χ4n) is 3.52. The number of sulfonamides is 1. The van der Waals surface area contributed by atoms with Crippen LogP contribution < -0.4 is 10.0 Å². The van der Waals surface area contributed by atoms with Gasteiger partial charge < -0.3 is 14.3 Å². The van der Waals surface area contributed by atoms with E-state index in [9.17, 15) is 13.2 Å². The minimum Gasteiger partial charge on any atom is -0.463 e. The van der Waals surface area contributed by atoms with Crippen molar-refractivity contribution in [2.24, 2.45) is 0 Å². The topological polar surface area (TPSA) is 127 Å². The van der Waals surface area contributed by atoms with Gasteiger partial charge in [-0.1, -0.05) is 23.4 Å². The number of pyridine rings is 1. The molecular weight excluding hydrogens is 468 g/mol. The first kappa shape index (κ1) is 22.4. The Morgan fingerprint density at radius 1 is 0.971 bits per heavy atom. The molecule has 0 unspecified atom stereocenters. The summed E-state index contributed by atoms with van der Waals surface area (Å²) in [6.07, 6.45) is 1.54. The van der Waals surface area contributed by atoms with Crippen LogP contribution >= 0.6 is 0 Å². The zero-order valence-corrected chi connectivity index (χ0v) is 19.6. The number of hydrogen-bond donors (Lipinski definition) is 2. The molecule has 1 amide bonds. The Hall–Kier alpha value is -4.44. The van der Waals surface area contributed by atoms with Crippen LogP contribution in [0.5, 0.6) is 0 Å². The number of furan rings is 1. The summed E-state index contributed by atoms with van der Waals surface area (Å²) < 4.78 is 38.3. The maximum absolute atomic E-state index is 13.2. The molecule has 0 aliphatic heterocycles. The van der Waals surface area contributed by atoms with E-state index >= 15 is 0 Å². The Labute approximate surface area is 200 Å². The number of carbonyl (C=O) groups excluding carboxylic acids is 1. The molecule has 35 heavy (non-hydrogen) atoms. The van der Waals surface area contributed by atoms with E-state index in [4.69, 9.17) is 8.94 Å². The lowest BCUT2D eigenvalue weighted by atomic mass is 10.1. The van der Waals surface area contributed by atoms with E-state index in [0.29, 0.717) is 44.9 Å². The van der Waals surface area contributed by atoms with Crippen LogP contribution in [0.4, 0.5) is 11.6 Å². The number of aromatic nitrogens is 2. The number of nitrogens with zero attached hydrogens (tertiary/aromatic N) is 2. The van der Waals surface area contributed by atoms with E-state index in [-0.39, 0.29) is 16.7 Å². The first-order chi connectivity index (χ1) is 16.8. The summed E-state index contributed by atoms with van der Waals surface area (Å²) in [5.74, 6) is 0.249. The molecule has 3 heterocycles. The second-order valence-electron chi connectivity index (χ2n) is 7.86. The number of hydrogen-bond acceptors (Lipinski definition) is 7. The van der Waals surface area contributed by atoms with Crippen molar-refractivity contribution in [3.8, 4) is 11.5 Å². The zero-order chi connectivity index (χ0) is 24.6. The van der Waals surface area contributed by atoms with Crippen molar-refractivity contribution >= 4 is 38.4 Å². The molecule has 9 nitrogen and oxygen atoms in total. The van der Waals surface area contributed by atoms with Crippen LogP contribution in [0, 0.1) is 13.8 Å². The van der Waals surface area contributed by atoms with Crippen molar-refractivity contribution in [2.75, 3.05) is 10.0 Å². The van der Waals surface area contributed by atoms with Crippen molar-refractivity contribution in [3.05, 3.63) is 89.8 Å². The predicted molar refractivity (Wildman–Crippen MR) is 131 cm³/mol. The van der Waals surface area contributed by atoms with E-state index in [1.165, 1.54) is 24.3 Å². The molecule has 0 radical (unpaired) electrons. The largest absolute Gasteiger partial charge is 0.463 e. The average Bonchev–Trinajstić information content (AvgIpc) is 3.50. The summed E-state index contributed by atoms with van der Waals surface area (Å²) in [6, 6.07) is 18.3. The van der Waals surface area contributed by atoms with Crippen LogP contribution in [0.25, 0.3) is 22.4 Å². The molecular formula is C25H20N4O5S. The number of aryl methyl sites for hydroxylation is 1.